The van der Waals surface area contributed by atoms with E-state index < -0.39 is 16.0 Å². The number of carbonyl (C=O) groups is 1. The lowest BCUT2D eigenvalue weighted by atomic mass is 9.88. The minimum atomic E-state index is -3.20. The molecule has 5 nitrogen and oxygen atoms in total. The van der Waals surface area contributed by atoms with Crippen molar-refractivity contribution in [2.75, 3.05) is 6.54 Å². The number of hydrogen-bond donors (Lipinski definition) is 2. The van der Waals surface area contributed by atoms with Gasteiger partial charge in [0.1, 0.15) is 0 Å². The lowest BCUT2D eigenvalue weighted by Gasteiger charge is -2.24. The van der Waals surface area contributed by atoms with E-state index in [4.69, 9.17) is 5.11 Å². The van der Waals surface area contributed by atoms with Gasteiger partial charge >= 0.3 is 5.97 Å². The molecule has 0 spiro atoms. The minimum absolute atomic E-state index is 0.151. The van der Waals surface area contributed by atoms with Gasteiger partial charge in [0.05, 0.1) is 5.25 Å². The van der Waals surface area contributed by atoms with Gasteiger partial charge in [0.15, 0.2) is 0 Å². The molecule has 1 rings (SSSR count). The van der Waals surface area contributed by atoms with Gasteiger partial charge in [0, 0.05) is 13.0 Å². The van der Waals surface area contributed by atoms with Crippen LogP contribution in [-0.4, -0.2) is 31.3 Å². The van der Waals surface area contributed by atoms with Crippen LogP contribution in [0.25, 0.3) is 0 Å². The van der Waals surface area contributed by atoms with Crippen LogP contribution in [-0.2, 0) is 14.8 Å². The van der Waals surface area contributed by atoms with Crippen molar-refractivity contribution in [3.8, 4) is 0 Å². The summed E-state index contributed by atoms with van der Waals surface area (Å²) in [7, 11) is -3.20. The molecule has 0 amide bonds. The van der Waals surface area contributed by atoms with Gasteiger partial charge < -0.3 is 5.11 Å². The van der Waals surface area contributed by atoms with Gasteiger partial charge in [-0.05, 0) is 37.5 Å². The van der Waals surface area contributed by atoms with Crippen molar-refractivity contribution in [2.24, 2.45) is 11.8 Å². The molecule has 0 bridgehead atoms. The van der Waals surface area contributed by atoms with Gasteiger partial charge in [-0.3, -0.25) is 4.79 Å². The Balaban J connectivity index is 2.39. The number of carboxylic acids is 1. The minimum Gasteiger partial charge on any atom is -0.481 e. The van der Waals surface area contributed by atoms with E-state index in [1.165, 1.54) is 0 Å². The van der Waals surface area contributed by atoms with Gasteiger partial charge in [0.2, 0.25) is 10.0 Å². The summed E-state index contributed by atoms with van der Waals surface area (Å²) in [6.45, 7) is 4.53. The highest BCUT2D eigenvalue weighted by atomic mass is 32.2. The molecular weight excluding hydrogens is 290 g/mol. The summed E-state index contributed by atoms with van der Waals surface area (Å²) in [6.07, 6.45) is 6.13. The van der Waals surface area contributed by atoms with Gasteiger partial charge in [-0.2, -0.15) is 0 Å². The van der Waals surface area contributed by atoms with E-state index in [2.05, 4.69) is 18.6 Å². The predicted octanol–water partition coefficient (Wildman–Crippen LogP) is 2.77. The Morgan fingerprint density at radius 2 is 1.81 bits per heavy atom. The van der Waals surface area contributed by atoms with Crippen molar-refractivity contribution < 1.29 is 18.3 Å². The molecule has 1 atom stereocenters. The van der Waals surface area contributed by atoms with Gasteiger partial charge in [-0.1, -0.05) is 33.1 Å². The van der Waals surface area contributed by atoms with Crippen LogP contribution in [0.15, 0.2) is 0 Å². The topological polar surface area (TPSA) is 83.5 Å². The van der Waals surface area contributed by atoms with E-state index >= 15 is 0 Å². The van der Waals surface area contributed by atoms with Gasteiger partial charge in [0.25, 0.3) is 0 Å². The molecule has 2 N–H and O–H groups in total. The predicted molar refractivity (Wildman–Crippen MR) is 83.6 cm³/mol. The second-order valence-corrected chi connectivity index (χ2v) is 8.47. The summed E-state index contributed by atoms with van der Waals surface area (Å²) in [5, 5.41) is 8.52. The molecule has 1 aliphatic carbocycles. The fourth-order valence-electron chi connectivity index (χ4n) is 3.00. The zero-order valence-electron chi connectivity index (χ0n) is 13.2. The smallest absolute Gasteiger partial charge is 0.303 e. The van der Waals surface area contributed by atoms with E-state index in [9.17, 15) is 13.2 Å². The molecule has 1 fully saturated rings. The third kappa shape index (κ3) is 6.78. The Morgan fingerprint density at radius 1 is 1.19 bits per heavy atom. The van der Waals surface area contributed by atoms with Crippen molar-refractivity contribution in [1.82, 2.24) is 4.72 Å². The molecule has 0 radical (unpaired) electrons. The molecular formula is C15H29NO4S. The number of nitrogens with one attached hydrogen (secondary N) is 1. The Labute approximate surface area is 128 Å². The van der Waals surface area contributed by atoms with Crippen LogP contribution in [0.4, 0.5) is 0 Å². The molecule has 1 saturated carbocycles. The lowest BCUT2D eigenvalue weighted by Crippen LogP contribution is -2.36. The third-order valence-electron chi connectivity index (χ3n) is 4.48. The first kappa shape index (κ1) is 18.4. The average Bonchev–Trinajstić information content (AvgIpc) is 2.42. The molecule has 0 saturated heterocycles. The third-order valence-corrected chi connectivity index (χ3v) is 6.44. The maximum absolute atomic E-state index is 12.2. The van der Waals surface area contributed by atoms with Crippen molar-refractivity contribution in [3.63, 3.8) is 0 Å². The van der Waals surface area contributed by atoms with Crippen molar-refractivity contribution in [1.29, 1.82) is 0 Å². The Bertz CT molecular complexity index is 413. The van der Waals surface area contributed by atoms with E-state index in [1.54, 1.807) is 0 Å². The Kier molecular flexibility index (Phi) is 7.66. The summed E-state index contributed by atoms with van der Waals surface area (Å²) in [4.78, 5) is 10.7. The normalized spacial score (nSPS) is 18.8. The first-order valence-electron chi connectivity index (χ1n) is 8.03. The molecule has 1 aliphatic rings. The standard InChI is InChI=1S/C15H29NO4S/c1-12(2)13(8-9-15(17)18)10-11-16-21(19,20)14-6-4-3-5-7-14/h12-14,16H,3-11H2,1-2H3,(H,17,18). The van der Waals surface area contributed by atoms with Crippen LogP contribution in [0.2, 0.25) is 0 Å². The lowest BCUT2D eigenvalue weighted by molar-refractivity contribution is -0.137. The fraction of sp³-hybridized carbons (Fsp3) is 0.933. The highest BCUT2D eigenvalue weighted by molar-refractivity contribution is 7.90. The summed E-state index contributed by atoms with van der Waals surface area (Å²) in [6, 6.07) is 0. The van der Waals surface area contributed by atoms with E-state index in [0.29, 0.717) is 25.3 Å². The average molecular weight is 319 g/mol. The molecule has 0 heterocycles. The molecule has 0 aromatic carbocycles. The summed E-state index contributed by atoms with van der Waals surface area (Å²) < 4.78 is 27.1. The number of hydrogen-bond acceptors (Lipinski definition) is 3. The zero-order valence-corrected chi connectivity index (χ0v) is 14.0. The van der Waals surface area contributed by atoms with Crippen molar-refractivity contribution >= 4 is 16.0 Å². The number of sulfonamides is 1. The van der Waals surface area contributed by atoms with Crippen LogP contribution < -0.4 is 4.72 Å². The number of aliphatic carboxylic acids is 1. The van der Waals surface area contributed by atoms with E-state index in [0.717, 1.165) is 32.1 Å². The monoisotopic (exact) mass is 319 g/mol. The molecule has 124 valence electrons. The highest BCUT2D eigenvalue weighted by Crippen LogP contribution is 2.24. The zero-order chi connectivity index (χ0) is 15.9. The van der Waals surface area contributed by atoms with E-state index in [1.807, 2.05) is 0 Å². The molecule has 0 aromatic rings. The Morgan fingerprint density at radius 3 is 2.33 bits per heavy atom. The highest BCUT2D eigenvalue weighted by Gasteiger charge is 2.27. The maximum Gasteiger partial charge on any atom is 0.303 e. The fourth-order valence-corrected chi connectivity index (χ4v) is 4.59. The van der Waals surface area contributed by atoms with Crippen LogP contribution in [0.3, 0.4) is 0 Å². The first-order valence-corrected chi connectivity index (χ1v) is 9.58. The number of rotatable bonds is 9. The Hall–Kier alpha value is -0.620. The SMILES string of the molecule is CC(C)C(CCNS(=O)(=O)C1CCCCC1)CCC(=O)O. The number of carboxylic acid groups (broad SMARTS) is 1. The molecule has 1 unspecified atom stereocenters. The largest absolute Gasteiger partial charge is 0.481 e. The quantitative estimate of drug-likeness (QED) is 0.684. The van der Waals surface area contributed by atoms with Crippen LogP contribution >= 0.6 is 0 Å². The van der Waals surface area contributed by atoms with Crippen LogP contribution in [0, 0.1) is 11.8 Å². The van der Waals surface area contributed by atoms with Crippen molar-refractivity contribution in [3.05, 3.63) is 0 Å². The summed E-state index contributed by atoms with van der Waals surface area (Å²) in [5.74, 6) is -0.179. The molecule has 21 heavy (non-hydrogen) atoms. The molecule has 0 aromatic heterocycles. The molecule has 6 heteroatoms. The van der Waals surface area contributed by atoms with Crippen LogP contribution in [0.1, 0.15) is 65.2 Å². The van der Waals surface area contributed by atoms with Crippen molar-refractivity contribution in [2.45, 2.75) is 70.5 Å². The van der Waals surface area contributed by atoms with Gasteiger partial charge in [-0.25, -0.2) is 13.1 Å². The van der Waals surface area contributed by atoms with Gasteiger partial charge in [-0.15, -0.1) is 0 Å². The molecule has 0 aliphatic heterocycles. The van der Waals surface area contributed by atoms with E-state index in [-0.39, 0.29) is 17.6 Å². The maximum atomic E-state index is 12.2. The first-order chi connectivity index (χ1) is 9.83. The summed E-state index contributed by atoms with van der Waals surface area (Å²) >= 11 is 0. The summed E-state index contributed by atoms with van der Waals surface area (Å²) in [5.41, 5.74) is 0. The second kappa shape index (κ2) is 8.73. The second-order valence-electron chi connectivity index (χ2n) is 6.42. The van der Waals surface area contributed by atoms with Crippen LogP contribution in [0.5, 0.6) is 0 Å².